The van der Waals surface area contributed by atoms with Gasteiger partial charge in [-0.05, 0) is 41.5 Å². The molecule has 106 valence electrons. The number of benzene rings is 2. The van der Waals surface area contributed by atoms with Crippen molar-refractivity contribution in [2.45, 2.75) is 0 Å². The highest BCUT2D eigenvalue weighted by molar-refractivity contribution is 5.96. The maximum Gasteiger partial charge on any atom is 0.352 e. The zero-order chi connectivity index (χ0) is 15.0. The van der Waals surface area contributed by atoms with Gasteiger partial charge in [-0.25, -0.2) is 4.79 Å². The number of aryl methyl sites for hydroxylation is 1. The number of carboxylic acids is 1. The maximum atomic E-state index is 11.2. The van der Waals surface area contributed by atoms with Crippen LogP contribution in [0.2, 0.25) is 0 Å². The molecule has 1 aromatic heterocycles. The van der Waals surface area contributed by atoms with Gasteiger partial charge >= 0.3 is 5.97 Å². The van der Waals surface area contributed by atoms with Crippen LogP contribution in [0.3, 0.4) is 0 Å². The SMILES string of the molecule is COc1cccc(-c2ccc3c(c2)cc(C(=O)O)n3C)c1. The van der Waals surface area contributed by atoms with Crippen LogP contribution in [-0.4, -0.2) is 22.8 Å². The highest BCUT2D eigenvalue weighted by Gasteiger charge is 2.12. The van der Waals surface area contributed by atoms with E-state index in [4.69, 9.17) is 4.74 Å². The summed E-state index contributed by atoms with van der Waals surface area (Å²) < 4.78 is 6.92. The lowest BCUT2D eigenvalue weighted by Crippen LogP contribution is -2.03. The van der Waals surface area contributed by atoms with Crippen LogP contribution >= 0.6 is 0 Å². The Kier molecular flexibility index (Phi) is 3.14. The highest BCUT2D eigenvalue weighted by Crippen LogP contribution is 2.28. The van der Waals surface area contributed by atoms with E-state index in [2.05, 4.69) is 0 Å². The van der Waals surface area contributed by atoms with Crippen LogP contribution in [0.15, 0.2) is 48.5 Å². The second-order valence-corrected chi connectivity index (χ2v) is 4.90. The number of methoxy groups -OCH3 is 1. The number of nitrogens with zero attached hydrogens (tertiary/aromatic N) is 1. The normalized spacial score (nSPS) is 10.8. The third-order valence-corrected chi connectivity index (χ3v) is 3.66. The molecular weight excluding hydrogens is 266 g/mol. The first-order valence-corrected chi connectivity index (χ1v) is 6.57. The molecule has 0 saturated carbocycles. The van der Waals surface area contributed by atoms with E-state index in [1.54, 1.807) is 24.8 Å². The van der Waals surface area contributed by atoms with Crippen molar-refractivity contribution in [3.8, 4) is 16.9 Å². The Morgan fingerprint density at radius 1 is 1.10 bits per heavy atom. The van der Waals surface area contributed by atoms with Gasteiger partial charge in [0, 0.05) is 18.0 Å². The predicted molar refractivity (Wildman–Crippen MR) is 81.9 cm³/mol. The van der Waals surface area contributed by atoms with Crippen molar-refractivity contribution in [2.75, 3.05) is 7.11 Å². The molecule has 0 saturated heterocycles. The third kappa shape index (κ3) is 2.25. The molecule has 3 rings (SSSR count). The van der Waals surface area contributed by atoms with Gasteiger partial charge in [0.15, 0.2) is 0 Å². The van der Waals surface area contributed by atoms with Crippen molar-refractivity contribution in [1.29, 1.82) is 0 Å². The first-order chi connectivity index (χ1) is 10.1. The molecule has 3 aromatic rings. The molecule has 0 fully saturated rings. The molecule has 0 aliphatic rings. The van der Waals surface area contributed by atoms with Crippen LogP contribution in [0.5, 0.6) is 5.75 Å². The summed E-state index contributed by atoms with van der Waals surface area (Å²) in [5, 5.41) is 10.1. The standard InChI is InChI=1S/C17H15NO3/c1-18-15-7-6-12(8-13(15)10-16(18)17(19)20)11-4-3-5-14(9-11)21-2/h3-10H,1-2H3,(H,19,20). The summed E-state index contributed by atoms with van der Waals surface area (Å²) in [5.41, 5.74) is 3.26. The maximum absolute atomic E-state index is 11.2. The number of ether oxygens (including phenoxy) is 1. The van der Waals surface area contributed by atoms with Gasteiger partial charge in [-0.3, -0.25) is 0 Å². The number of fused-ring (bicyclic) bond motifs is 1. The summed E-state index contributed by atoms with van der Waals surface area (Å²) in [5.74, 6) is -0.122. The van der Waals surface area contributed by atoms with Gasteiger partial charge in [0.05, 0.1) is 7.11 Å². The number of carboxylic acid groups (broad SMARTS) is 1. The highest BCUT2D eigenvalue weighted by atomic mass is 16.5. The van der Waals surface area contributed by atoms with Gasteiger partial charge in [0.1, 0.15) is 11.4 Å². The van der Waals surface area contributed by atoms with Gasteiger partial charge in [-0.2, -0.15) is 0 Å². The van der Waals surface area contributed by atoms with Crippen LogP contribution < -0.4 is 4.74 Å². The van der Waals surface area contributed by atoms with Crippen LogP contribution in [0, 0.1) is 0 Å². The summed E-state index contributed by atoms with van der Waals surface area (Å²) in [6.45, 7) is 0. The summed E-state index contributed by atoms with van der Waals surface area (Å²) in [4.78, 5) is 11.2. The van der Waals surface area contributed by atoms with Gasteiger partial charge < -0.3 is 14.4 Å². The first-order valence-electron chi connectivity index (χ1n) is 6.57. The summed E-state index contributed by atoms with van der Waals surface area (Å²) in [6.07, 6.45) is 0. The molecule has 4 heteroatoms. The summed E-state index contributed by atoms with van der Waals surface area (Å²) in [6, 6.07) is 15.4. The van der Waals surface area contributed by atoms with E-state index in [9.17, 15) is 9.90 Å². The predicted octanol–water partition coefficient (Wildman–Crippen LogP) is 3.55. The van der Waals surface area contributed by atoms with Crippen molar-refractivity contribution in [3.05, 3.63) is 54.2 Å². The second-order valence-electron chi connectivity index (χ2n) is 4.90. The smallest absolute Gasteiger partial charge is 0.352 e. The Morgan fingerprint density at radius 3 is 2.57 bits per heavy atom. The lowest BCUT2D eigenvalue weighted by Gasteiger charge is -2.05. The van der Waals surface area contributed by atoms with Crippen molar-refractivity contribution >= 4 is 16.9 Å². The van der Waals surface area contributed by atoms with E-state index in [-0.39, 0.29) is 5.69 Å². The Morgan fingerprint density at radius 2 is 1.86 bits per heavy atom. The van der Waals surface area contributed by atoms with Crippen LogP contribution in [0.4, 0.5) is 0 Å². The van der Waals surface area contributed by atoms with E-state index in [0.29, 0.717) is 0 Å². The molecule has 1 N–H and O–H groups in total. The molecule has 0 radical (unpaired) electrons. The lowest BCUT2D eigenvalue weighted by atomic mass is 10.0. The molecule has 0 atom stereocenters. The largest absolute Gasteiger partial charge is 0.497 e. The van der Waals surface area contributed by atoms with E-state index in [1.165, 1.54) is 0 Å². The first kappa shape index (κ1) is 13.2. The number of aromatic nitrogens is 1. The fourth-order valence-electron chi connectivity index (χ4n) is 2.54. The minimum absolute atomic E-state index is 0.285. The average Bonchev–Trinajstić information content (AvgIpc) is 2.84. The molecular formula is C17H15NO3. The van der Waals surface area contributed by atoms with Gasteiger partial charge in [-0.1, -0.05) is 18.2 Å². The zero-order valence-electron chi connectivity index (χ0n) is 11.8. The molecule has 0 bridgehead atoms. The number of carbonyl (C=O) groups is 1. The molecule has 0 spiro atoms. The van der Waals surface area contributed by atoms with E-state index >= 15 is 0 Å². The Bertz CT molecular complexity index is 833. The average molecular weight is 281 g/mol. The third-order valence-electron chi connectivity index (χ3n) is 3.66. The fraction of sp³-hybridized carbons (Fsp3) is 0.118. The molecule has 0 unspecified atom stereocenters. The summed E-state index contributed by atoms with van der Waals surface area (Å²) in [7, 11) is 3.40. The fourth-order valence-corrected chi connectivity index (χ4v) is 2.54. The number of hydrogen-bond donors (Lipinski definition) is 1. The second kappa shape index (κ2) is 4.98. The lowest BCUT2D eigenvalue weighted by molar-refractivity contribution is 0.0687. The molecule has 4 nitrogen and oxygen atoms in total. The minimum Gasteiger partial charge on any atom is -0.497 e. The topological polar surface area (TPSA) is 51.5 Å². The van der Waals surface area contributed by atoms with Gasteiger partial charge in [0.2, 0.25) is 0 Å². The number of rotatable bonds is 3. The molecule has 2 aromatic carbocycles. The zero-order valence-corrected chi connectivity index (χ0v) is 11.8. The molecule has 0 aliphatic heterocycles. The number of aromatic carboxylic acids is 1. The Balaban J connectivity index is 2.14. The van der Waals surface area contributed by atoms with E-state index in [1.807, 2.05) is 42.5 Å². The molecule has 0 amide bonds. The van der Waals surface area contributed by atoms with Crippen LogP contribution in [0.25, 0.3) is 22.0 Å². The quantitative estimate of drug-likeness (QED) is 0.798. The minimum atomic E-state index is -0.920. The van der Waals surface area contributed by atoms with Crippen molar-refractivity contribution < 1.29 is 14.6 Å². The van der Waals surface area contributed by atoms with Crippen molar-refractivity contribution in [2.24, 2.45) is 7.05 Å². The molecule has 21 heavy (non-hydrogen) atoms. The Labute approximate surface area is 122 Å². The van der Waals surface area contributed by atoms with Gasteiger partial charge in [0.25, 0.3) is 0 Å². The van der Waals surface area contributed by atoms with E-state index < -0.39 is 5.97 Å². The van der Waals surface area contributed by atoms with Crippen molar-refractivity contribution in [1.82, 2.24) is 4.57 Å². The molecule has 1 heterocycles. The monoisotopic (exact) mass is 281 g/mol. The summed E-state index contributed by atoms with van der Waals surface area (Å²) >= 11 is 0. The number of hydrogen-bond acceptors (Lipinski definition) is 2. The Hall–Kier alpha value is -2.75. The van der Waals surface area contributed by atoms with Crippen LogP contribution in [-0.2, 0) is 7.05 Å². The molecule has 0 aliphatic carbocycles. The van der Waals surface area contributed by atoms with Crippen molar-refractivity contribution in [3.63, 3.8) is 0 Å². The van der Waals surface area contributed by atoms with Crippen LogP contribution in [0.1, 0.15) is 10.5 Å². The van der Waals surface area contributed by atoms with E-state index in [0.717, 1.165) is 27.8 Å². The van der Waals surface area contributed by atoms with Gasteiger partial charge in [-0.15, -0.1) is 0 Å².